The maximum atomic E-state index is 12.5. The number of nitrogens with zero attached hydrogens (tertiary/aromatic N) is 2. The zero-order valence-corrected chi connectivity index (χ0v) is 12.7. The summed E-state index contributed by atoms with van der Waals surface area (Å²) in [5.74, 6) is 0.176. The Morgan fingerprint density at radius 2 is 1.90 bits per heavy atom. The standard InChI is InChI=1S/C15H24N2O4/c1-12(18)16-6-3-5-15(10-16)11-17(7-9-21-15)14(19)13-4-2-8-20-13/h13H,2-11H2,1H3. The molecule has 3 aliphatic rings. The van der Waals surface area contributed by atoms with Gasteiger partial charge in [0, 0.05) is 26.6 Å². The molecule has 118 valence electrons. The number of amides is 2. The van der Waals surface area contributed by atoms with Gasteiger partial charge < -0.3 is 19.3 Å². The van der Waals surface area contributed by atoms with Crippen molar-refractivity contribution in [1.82, 2.24) is 9.80 Å². The quantitative estimate of drug-likeness (QED) is 0.703. The minimum atomic E-state index is -0.379. The first-order valence-electron chi connectivity index (χ1n) is 7.90. The molecule has 0 radical (unpaired) electrons. The number of carbonyl (C=O) groups is 2. The van der Waals surface area contributed by atoms with E-state index in [2.05, 4.69) is 0 Å². The number of hydrogen-bond acceptors (Lipinski definition) is 4. The van der Waals surface area contributed by atoms with Crippen molar-refractivity contribution >= 4 is 11.8 Å². The maximum Gasteiger partial charge on any atom is 0.251 e. The first-order chi connectivity index (χ1) is 10.1. The van der Waals surface area contributed by atoms with Crippen LogP contribution in [-0.2, 0) is 19.1 Å². The Morgan fingerprint density at radius 1 is 1.10 bits per heavy atom. The lowest BCUT2D eigenvalue weighted by atomic mass is 9.90. The van der Waals surface area contributed by atoms with Crippen molar-refractivity contribution in [3.8, 4) is 0 Å². The number of rotatable bonds is 1. The van der Waals surface area contributed by atoms with E-state index in [1.54, 1.807) is 6.92 Å². The monoisotopic (exact) mass is 296 g/mol. The summed E-state index contributed by atoms with van der Waals surface area (Å²) in [5, 5.41) is 0. The molecule has 3 rings (SSSR count). The predicted octanol–water partition coefficient (Wildman–Crippen LogP) is 0.405. The first kappa shape index (κ1) is 14.8. The van der Waals surface area contributed by atoms with Gasteiger partial charge in [0.1, 0.15) is 11.7 Å². The summed E-state index contributed by atoms with van der Waals surface area (Å²) < 4.78 is 11.5. The van der Waals surface area contributed by atoms with E-state index in [-0.39, 0.29) is 23.5 Å². The minimum absolute atomic E-state index is 0.0836. The molecule has 0 aliphatic carbocycles. The van der Waals surface area contributed by atoms with E-state index in [4.69, 9.17) is 9.47 Å². The Labute approximate surface area is 125 Å². The highest BCUT2D eigenvalue weighted by atomic mass is 16.5. The van der Waals surface area contributed by atoms with Crippen LogP contribution in [0.1, 0.15) is 32.6 Å². The second-order valence-corrected chi connectivity index (χ2v) is 6.34. The summed E-state index contributed by atoms with van der Waals surface area (Å²) in [7, 11) is 0. The predicted molar refractivity (Wildman–Crippen MR) is 75.7 cm³/mol. The smallest absolute Gasteiger partial charge is 0.251 e. The van der Waals surface area contributed by atoms with E-state index in [9.17, 15) is 9.59 Å². The Balaban J connectivity index is 1.67. The lowest BCUT2D eigenvalue weighted by Crippen LogP contribution is -2.62. The molecular weight excluding hydrogens is 272 g/mol. The molecule has 2 unspecified atom stereocenters. The van der Waals surface area contributed by atoms with Crippen molar-refractivity contribution in [2.75, 3.05) is 39.4 Å². The molecule has 0 bridgehead atoms. The fourth-order valence-corrected chi connectivity index (χ4v) is 3.62. The van der Waals surface area contributed by atoms with Gasteiger partial charge in [-0.2, -0.15) is 0 Å². The highest BCUT2D eigenvalue weighted by molar-refractivity contribution is 5.81. The average Bonchev–Trinajstić information content (AvgIpc) is 3.00. The number of likely N-dealkylation sites (tertiary alicyclic amines) is 1. The summed E-state index contributed by atoms with van der Waals surface area (Å²) in [6.45, 7) is 5.42. The molecule has 3 fully saturated rings. The van der Waals surface area contributed by atoms with Crippen LogP contribution in [-0.4, -0.2) is 72.7 Å². The number of ether oxygens (including phenoxy) is 2. The molecule has 3 aliphatic heterocycles. The number of hydrogen-bond donors (Lipinski definition) is 0. The Hall–Kier alpha value is -1.14. The molecular formula is C15H24N2O4. The molecule has 6 nitrogen and oxygen atoms in total. The molecule has 2 atom stereocenters. The maximum absolute atomic E-state index is 12.5. The van der Waals surface area contributed by atoms with Crippen molar-refractivity contribution < 1.29 is 19.1 Å². The van der Waals surface area contributed by atoms with E-state index < -0.39 is 0 Å². The Morgan fingerprint density at radius 3 is 2.62 bits per heavy atom. The second-order valence-electron chi connectivity index (χ2n) is 6.34. The topological polar surface area (TPSA) is 59.1 Å². The highest BCUT2D eigenvalue weighted by Crippen LogP contribution is 2.30. The molecule has 0 aromatic carbocycles. The van der Waals surface area contributed by atoms with Crippen LogP contribution in [0.3, 0.4) is 0 Å². The molecule has 3 saturated heterocycles. The van der Waals surface area contributed by atoms with Gasteiger partial charge in [-0.1, -0.05) is 0 Å². The van der Waals surface area contributed by atoms with Crippen LogP contribution in [0.25, 0.3) is 0 Å². The fraction of sp³-hybridized carbons (Fsp3) is 0.867. The molecule has 0 aromatic rings. The zero-order chi connectivity index (χ0) is 14.9. The van der Waals surface area contributed by atoms with E-state index in [0.717, 1.165) is 32.2 Å². The van der Waals surface area contributed by atoms with Gasteiger partial charge in [0.15, 0.2) is 0 Å². The summed E-state index contributed by atoms with van der Waals surface area (Å²) in [5.41, 5.74) is -0.379. The van der Waals surface area contributed by atoms with Gasteiger partial charge in [0.05, 0.1) is 19.7 Å². The highest BCUT2D eigenvalue weighted by Gasteiger charge is 2.43. The van der Waals surface area contributed by atoms with Crippen LogP contribution < -0.4 is 0 Å². The molecule has 21 heavy (non-hydrogen) atoms. The fourth-order valence-electron chi connectivity index (χ4n) is 3.62. The summed E-state index contributed by atoms with van der Waals surface area (Å²) in [6.07, 6.45) is 3.35. The van der Waals surface area contributed by atoms with E-state index in [0.29, 0.717) is 32.8 Å². The lowest BCUT2D eigenvalue weighted by molar-refractivity contribution is -0.170. The number of carbonyl (C=O) groups excluding carboxylic acids is 2. The van der Waals surface area contributed by atoms with Gasteiger partial charge in [0.25, 0.3) is 5.91 Å². The van der Waals surface area contributed by atoms with Crippen LogP contribution in [0.4, 0.5) is 0 Å². The Bertz CT molecular complexity index is 418. The van der Waals surface area contributed by atoms with Crippen LogP contribution in [0.15, 0.2) is 0 Å². The van der Waals surface area contributed by atoms with Crippen molar-refractivity contribution in [3.63, 3.8) is 0 Å². The summed E-state index contributed by atoms with van der Waals surface area (Å²) in [4.78, 5) is 27.8. The zero-order valence-electron chi connectivity index (χ0n) is 12.7. The van der Waals surface area contributed by atoms with Crippen LogP contribution >= 0.6 is 0 Å². The number of piperidine rings is 1. The molecule has 0 aromatic heterocycles. The molecule has 3 heterocycles. The second kappa shape index (κ2) is 5.93. The largest absolute Gasteiger partial charge is 0.369 e. The van der Waals surface area contributed by atoms with Gasteiger partial charge in [-0.25, -0.2) is 0 Å². The van der Waals surface area contributed by atoms with E-state index in [1.807, 2.05) is 9.80 Å². The van der Waals surface area contributed by atoms with Crippen LogP contribution in [0, 0.1) is 0 Å². The molecule has 2 amide bonds. The van der Waals surface area contributed by atoms with E-state index in [1.165, 1.54) is 0 Å². The normalized spacial score (nSPS) is 33.5. The third kappa shape index (κ3) is 3.06. The van der Waals surface area contributed by atoms with Crippen LogP contribution in [0.2, 0.25) is 0 Å². The third-order valence-corrected chi connectivity index (χ3v) is 4.75. The van der Waals surface area contributed by atoms with Gasteiger partial charge in [0.2, 0.25) is 5.91 Å². The molecule has 1 spiro atoms. The van der Waals surface area contributed by atoms with Crippen molar-refractivity contribution in [2.24, 2.45) is 0 Å². The van der Waals surface area contributed by atoms with E-state index >= 15 is 0 Å². The average molecular weight is 296 g/mol. The molecule has 6 heteroatoms. The number of morpholine rings is 1. The van der Waals surface area contributed by atoms with Gasteiger partial charge in [-0.05, 0) is 25.7 Å². The van der Waals surface area contributed by atoms with Gasteiger partial charge in [-0.15, -0.1) is 0 Å². The summed E-state index contributed by atoms with van der Waals surface area (Å²) in [6, 6.07) is 0. The first-order valence-corrected chi connectivity index (χ1v) is 7.90. The Kier molecular flexibility index (Phi) is 4.17. The van der Waals surface area contributed by atoms with Crippen molar-refractivity contribution in [3.05, 3.63) is 0 Å². The van der Waals surface area contributed by atoms with Crippen molar-refractivity contribution in [1.29, 1.82) is 0 Å². The SMILES string of the molecule is CC(=O)N1CCCC2(C1)CN(C(=O)C1CCCO1)CCO2. The van der Waals surface area contributed by atoms with Crippen LogP contribution in [0.5, 0.6) is 0 Å². The minimum Gasteiger partial charge on any atom is -0.369 e. The molecule has 0 N–H and O–H groups in total. The van der Waals surface area contributed by atoms with Gasteiger partial charge >= 0.3 is 0 Å². The summed E-state index contributed by atoms with van der Waals surface area (Å²) >= 11 is 0. The molecule has 0 saturated carbocycles. The third-order valence-electron chi connectivity index (χ3n) is 4.75. The lowest BCUT2D eigenvalue weighted by Gasteiger charge is -2.48. The van der Waals surface area contributed by atoms with Crippen molar-refractivity contribution in [2.45, 2.75) is 44.3 Å². The van der Waals surface area contributed by atoms with Gasteiger partial charge in [-0.3, -0.25) is 9.59 Å².